The van der Waals surface area contributed by atoms with Crippen molar-refractivity contribution < 1.29 is 13.5 Å². The van der Waals surface area contributed by atoms with Gasteiger partial charge in [0.15, 0.2) is 11.6 Å². The number of methoxy groups -OCH3 is 1. The molecular weight excluding hydrogens is 236 g/mol. The van der Waals surface area contributed by atoms with Crippen LogP contribution in [0.5, 0.6) is 5.75 Å². The molecule has 2 unspecified atom stereocenters. The van der Waals surface area contributed by atoms with Crippen LogP contribution in [0.1, 0.15) is 31.2 Å². The normalized spacial score (nSPS) is 34.6. The van der Waals surface area contributed by atoms with E-state index in [1.807, 2.05) is 0 Å². The molecule has 0 aromatic heterocycles. The fraction of sp³-hybridized carbons (Fsp3) is 0.571. The SMILES string of the molecule is COc1ccc(C2(F)CC3CCC(C2)N3)cc1F. The first-order valence-corrected chi connectivity index (χ1v) is 6.40. The van der Waals surface area contributed by atoms with Gasteiger partial charge in [-0.3, -0.25) is 0 Å². The number of benzene rings is 1. The Morgan fingerprint density at radius 2 is 1.94 bits per heavy atom. The number of nitrogens with one attached hydrogen (secondary N) is 1. The lowest BCUT2D eigenvalue weighted by atomic mass is 9.83. The van der Waals surface area contributed by atoms with Gasteiger partial charge in [0.2, 0.25) is 0 Å². The van der Waals surface area contributed by atoms with Crippen molar-refractivity contribution in [3.8, 4) is 5.75 Å². The summed E-state index contributed by atoms with van der Waals surface area (Å²) in [5, 5.41) is 3.39. The maximum atomic E-state index is 15.0. The maximum absolute atomic E-state index is 15.0. The Hall–Kier alpha value is -1.16. The van der Waals surface area contributed by atoms with E-state index in [1.165, 1.54) is 19.2 Å². The molecule has 0 amide bonds. The summed E-state index contributed by atoms with van der Waals surface area (Å²) in [7, 11) is 1.41. The molecule has 4 heteroatoms. The molecule has 2 aliphatic rings. The molecule has 0 saturated carbocycles. The lowest BCUT2D eigenvalue weighted by molar-refractivity contribution is 0.0869. The van der Waals surface area contributed by atoms with Crippen LogP contribution in [0.3, 0.4) is 0 Å². The van der Waals surface area contributed by atoms with Crippen LogP contribution in [0.2, 0.25) is 0 Å². The van der Waals surface area contributed by atoms with Crippen LogP contribution < -0.4 is 10.1 Å². The Kier molecular flexibility index (Phi) is 2.77. The first kappa shape index (κ1) is 11.9. The summed E-state index contributed by atoms with van der Waals surface area (Å²) in [6.07, 6.45) is 2.93. The van der Waals surface area contributed by atoms with Gasteiger partial charge in [-0.1, -0.05) is 6.07 Å². The number of ether oxygens (including phenoxy) is 1. The van der Waals surface area contributed by atoms with Gasteiger partial charge in [-0.25, -0.2) is 8.78 Å². The molecule has 18 heavy (non-hydrogen) atoms. The summed E-state index contributed by atoms with van der Waals surface area (Å²) in [6.45, 7) is 0. The van der Waals surface area contributed by atoms with Gasteiger partial charge >= 0.3 is 0 Å². The summed E-state index contributed by atoms with van der Waals surface area (Å²) in [5.74, 6) is -0.322. The highest BCUT2D eigenvalue weighted by Crippen LogP contribution is 2.44. The van der Waals surface area contributed by atoms with Gasteiger partial charge in [-0.05, 0) is 30.5 Å². The zero-order valence-electron chi connectivity index (χ0n) is 10.4. The van der Waals surface area contributed by atoms with Crippen LogP contribution >= 0.6 is 0 Å². The molecule has 0 aliphatic carbocycles. The van der Waals surface area contributed by atoms with E-state index >= 15 is 4.39 Å². The molecule has 3 rings (SSSR count). The van der Waals surface area contributed by atoms with Gasteiger partial charge < -0.3 is 10.1 Å². The summed E-state index contributed by atoms with van der Waals surface area (Å²) >= 11 is 0. The first-order valence-electron chi connectivity index (χ1n) is 6.40. The topological polar surface area (TPSA) is 21.3 Å². The van der Waals surface area contributed by atoms with E-state index < -0.39 is 11.5 Å². The zero-order chi connectivity index (χ0) is 12.8. The summed E-state index contributed by atoms with van der Waals surface area (Å²) in [4.78, 5) is 0. The summed E-state index contributed by atoms with van der Waals surface area (Å²) in [5.41, 5.74) is -0.955. The summed E-state index contributed by atoms with van der Waals surface area (Å²) < 4.78 is 33.6. The van der Waals surface area contributed by atoms with Gasteiger partial charge in [0.25, 0.3) is 0 Å². The molecule has 2 aliphatic heterocycles. The van der Waals surface area contributed by atoms with Crippen LogP contribution in [0.15, 0.2) is 18.2 Å². The van der Waals surface area contributed by atoms with Crippen molar-refractivity contribution in [1.29, 1.82) is 0 Å². The molecule has 2 fully saturated rings. The Labute approximate surface area is 105 Å². The highest BCUT2D eigenvalue weighted by Gasteiger charge is 2.45. The second kappa shape index (κ2) is 4.19. The molecule has 2 atom stereocenters. The molecule has 2 nitrogen and oxygen atoms in total. The van der Waals surface area contributed by atoms with Crippen LogP contribution in [-0.2, 0) is 5.67 Å². The van der Waals surface area contributed by atoms with Crippen molar-refractivity contribution >= 4 is 0 Å². The van der Waals surface area contributed by atoms with Gasteiger partial charge in [0.05, 0.1) is 7.11 Å². The van der Waals surface area contributed by atoms with Crippen molar-refractivity contribution in [3.63, 3.8) is 0 Å². The number of halogens is 2. The molecule has 1 aromatic rings. The third kappa shape index (κ3) is 1.88. The van der Waals surface area contributed by atoms with Crippen molar-refractivity contribution in [2.45, 2.75) is 43.4 Å². The predicted molar refractivity (Wildman–Crippen MR) is 64.9 cm³/mol. The first-order chi connectivity index (χ1) is 8.60. The minimum absolute atomic E-state index is 0.166. The van der Waals surface area contributed by atoms with E-state index in [2.05, 4.69) is 5.32 Å². The van der Waals surface area contributed by atoms with E-state index in [0.29, 0.717) is 18.4 Å². The van der Waals surface area contributed by atoms with Gasteiger partial charge in [-0.2, -0.15) is 0 Å². The lowest BCUT2D eigenvalue weighted by Gasteiger charge is -2.35. The minimum atomic E-state index is -1.40. The molecule has 1 N–H and O–H groups in total. The van der Waals surface area contributed by atoms with E-state index in [0.717, 1.165) is 12.8 Å². The number of piperidine rings is 1. The van der Waals surface area contributed by atoms with Crippen molar-refractivity contribution in [2.75, 3.05) is 7.11 Å². The Morgan fingerprint density at radius 3 is 2.50 bits per heavy atom. The zero-order valence-corrected chi connectivity index (χ0v) is 10.4. The largest absolute Gasteiger partial charge is 0.494 e. The van der Waals surface area contributed by atoms with Crippen molar-refractivity contribution in [3.05, 3.63) is 29.6 Å². The van der Waals surface area contributed by atoms with Crippen LogP contribution in [0, 0.1) is 5.82 Å². The van der Waals surface area contributed by atoms with Gasteiger partial charge in [0.1, 0.15) is 5.67 Å². The molecule has 0 spiro atoms. The van der Waals surface area contributed by atoms with E-state index in [4.69, 9.17) is 4.74 Å². The van der Waals surface area contributed by atoms with E-state index in [-0.39, 0.29) is 17.8 Å². The van der Waals surface area contributed by atoms with Crippen molar-refractivity contribution in [2.24, 2.45) is 0 Å². The number of alkyl halides is 1. The molecule has 0 radical (unpaired) electrons. The highest BCUT2D eigenvalue weighted by molar-refractivity contribution is 5.33. The predicted octanol–water partition coefficient (Wildman–Crippen LogP) is 2.91. The third-order valence-electron chi connectivity index (χ3n) is 4.14. The van der Waals surface area contributed by atoms with Gasteiger partial charge in [0, 0.05) is 24.9 Å². The second-order valence-corrected chi connectivity index (χ2v) is 5.36. The molecule has 2 saturated heterocycles. The lowest BCUT2D eigenvalue weighted by Crippen LogP contribution is -2.44. The van der Waals surface area contributed by atoms with Crippen LogP contribution in [-0.4, -0.2) is 19.2 Å². The number of rotatable bonds is 2. The van der Waals surface area contributed by atoms with Crippen molar-refractivity contribution in [1.82, 2.24) is 5.32 Å². The third-order valence-corrected chi connectivity index (χ3v) is 4.14. The highest BCUT2D eigenvalue weighted by atomic mass is 19.1. The molecule has 1 aromatic carbocycles. The van der Waals surface area contributed by atoms with E-state index in [1.54, 1.807) is 6.07 Å². The quantitative estimate of drug-likeness (QED) is 0.875. The van der Waals surface area contributed by atoms with Gasteiger partial charge in [-0.15, -0.1) is 0 Å². The fourth-order valence-electron chi connectivity index (χ4n) is 3.27. The van der Waals surface area contributed by atoms with Crippen LogP contribution in [0.25, 0.3) is 0 Å². The Balaban J connectivity index is 1.91. The van der Waals surface area contributed by atoms with E-state index in [9.17, 15) is 4.39 Å². The summed E-state index contributed by atoms with van der Waals surface area (Å²) in [6, 6.07) is 4.91. The fourth-order valence-corrected chi connectivity index (χ4v) is 3.27. The van der Waals surface area contributed by atoms with Crippen LogP contribution in [0.4, 0.5) is 8.78 Å². The molecule has 2 bridgehead atoms. The minimum Gasteiger partial charge on any atom is -0.494 e. The molecule has 98 valence electrons. The number of fused-ring (bicyclic) bond motifs is 2. The number of hydrogen-bond donors (Lipinski definition) is 1. The number of hydrogen-bond acceptors (Lipinski definition) is 2. The average molecular weight is 253 g/mol. The monoisotopic (exact) mass is 253 g/mol. The molecule has 2 heterocycles. The standard InChI is InChI=1S/C14H17F2NO/c1-18-13-5-2-9(6-12(13)15)14(16)7-10-3-4-11(8-14)17-10/h2,5-6,10-11,17H,3-4,7-8H2,1H3. The molecular formula is C14H17F2NO. The smallest absolute Gasteiger partial charge is 0.165 e. The second-order valence-electron chi connectivity index (χ2n) is 5.36. The Morgan fingerprint density at radius 1 is 1.28 bits per heavy atom. The Bertz CT molecular complexity index is 451. The maximum Gasteiger partial charge on any atom is 0.165 e. The average Bonchev–Trinajstić information content (AvgIpc) is 2.69.